The van der Waals surface area contributed by atoms with E-state index in [4.69, 9.17) is 15.3 Å². The van der Waals surface area contributed by atoms with E-state index in [2.05, 4.69) is 0 Å². The standard InChI is InChI=1S/3C8H19O2P.C4H10O3/c3*1-3-5-7-11(9,10)8-6-4-2;5-2-1-4(7)3-6/h3*3-8H2,1-2H3,(H,9,10);4-7H,1-3H2. The molecule has 0 amide bonds. The molecule has 0 heterocycles. The number of unbranched alkanes of at least 4 members (excludes halogenated alkanes) is 6. The van der Waals surface area contributed by atoms with Crippen LogP contribution < -0.4 is 0 Å². The molecule has 0 bridgehead atoms. The fraction of sp³-hybridized carbons (Fsp3) is 1.00. The second-order valence-corrected chi connectivity index (χ2v) is 18.1. The van der Waals surface area contributed by atoms with Crippen LogP contribution in [0, 0.1) is 0 Å². The summed E-state index contributed by atoms with van der Waals surface area (Å²) in [6, 6.07) is 0. The molecule has 0 aliphatic rings. The van der Waals surface area contributed by atoms with E-state index in [1.807, 2.05) is 41.5 Å². The highest BCUT2D eigenvalue weighted by Crippen LogP contribution is 2.43. The number of aliphatic hydroxyl groups excluding tert-OH is 3. The molecule has 12 heteroatoms. The van der Waals surface area contributed by atoms with Gasteiger partial charge in [-0.3, -0.25) is 13.7 Å². The van der Waals surface area contributed by atoms with Crippen molar-refractivity contribution < 1.29 is 43.7 Å². The minimum Gasteiger partial charge on any atom is -0.396 e. The van der Waals surface area contributed by atoms with Crippen molar-refractivity contribution in [3.63, 3.8) is 0 Å². The maximum Gasteiger partial charge on any atom is 0.200 e. The Morgan fingerprint density at radius 2 is 0.675 bits per heavy atom. The van der Waals surface area contributed by atoms with Gasteiger partial charge < -0.3 is 30.0 Å². The first kappa shape index (κ1) is 47.4. The average Bonchev–Trinajstić information content (AvgIpc) is 2.92. The quantitative estimate of drug-likeness (QED) is 0.0704. The molecule has 0 saturated heterocycles. The Hall–Kier alpha value is 0.450. The molecule has 0 fully saturated rings. The molecule has 0 aromatic rings. The van der Waals surface area contributed by atoms with Gasteiger partial charge in [-0.2, -0.15) is 0 Å². The summed E-state index contributed by atoms with van der Waals surface area (Å²) in [5, 5.41) is 24.6. The van der Waals surface area contributed by atoms with Gasteiger partial charge in [0.2, 0.25) is 22.1 Å². The molecule has 0 saturated carbocycles. The summed E-state index contributed by atoms with van der Waals surface area (Å²) in [6.45, 7) is 11.9. The molecule has 9 nitrogen and oxygen atoms in total. The molecular formula is C28H67O9P3. The highest BCUT2D eigenvalue weighted by Gasteiger charge is 2.16. The van der Waals surface area contributed by atoms with Crippen LogP contribution in [0.15, 0.2) is 0 Å². The van der Waals surface area contributed by atoms with Gasteiger partial charge in [0.25, 0.3) is 0 Å². The number of hydrogen-bond donors (Lipinski definition) is 6. The van der Waals surface area contributed by atoms with Gasteiger partial charge in [0.05, 0.1) is 12.7 Å². The van der Waals surface area contributed by atoms with Gasteiger partial charge >= 0.3 is 0 Å². The normalized spacial score (nSPS) is 12.3. The summed E-state index contributed by atoms with van der Waals surface area (Å²) in [5.74, 6) is 0. The van der Waals surface area contributed by atoms with Gasteiger partial charge in [-0.15, -0.1) is 0 Å². The molecule has 0 rings (SSSR count). The largest absolute Gasteiger partial charge is 0.396 e. The lowest BCUT2D eigenvalue weighted by Crippen LogP contribution is -2.12. The molecule has 0 aliphatic carbocycles. The van der Waals surface area contributed by atoms with Crippen LogP contribution in [0.5, 0.6) is 0 Å². The van der Waals surface area contributed by atoms with Crippen molar-refractivity contribution in [3.8, 4) is 0 Å². The molecule has 1 atom stereocenters. The first-order valence-electron chi connectivity index (χ1n) is 15.5. The molecule has 248 valence electrons. The Bertz CT molecular complexity index is 536. The van der Waals surface area contributed by atoms with Crippen LogP contribution in [-0.2, 0) is 13.7 Å². The van der Waals surface area contributed by atoms with E-state index in [9.17, 15) is 28.4 Å². The van der Waals surface area contributed by atoms with Gasteiger partial charge in [0.15, 0.2) is 0 Å². The summed E-state index contributed by atoms with van der Waals surface area (Å²) >= 11 is 0. The van der Waals surface area contributed by atoms with Gasteiger partial charge in [-0.05, 0) is 44.9 Å². The van der Waals surface area contributed by atoms with E-state index in [1.54, 1.807) is 0 Å². The predicted molar refractivity (Wildman–Crippen MR) is 173 cm³/mol. The maximum absolute atomic E-state index is 11.3. The van der Waals surface area contributed by atoms with Crippen LogP contribution in [0.1, 0.15) is 125 Å². The van der Waals surface area contributed by atoms with Gasteiger partial charge in [-0.1, -0.05) is 80.1 Å². The zero-order valence-corrected chi connectivity index (χ0v) is 29.4. The lowest BCUT2D eigenvalue weighted by atomic mass is 10.3. The van der Waals surface area contributed by atoms with E-state index in [1.165, 1.54) is 0 Å². The number of hydrogen-bond acceptors (Lipinski definition) is 6. The maximum atomic E-state index is 11.3. The van der Waals surface area contributed by atoms with Crippen molar-refractivity contribution in [2.75, 3.05) is 50.2 Å². The second kappa shape index (κ2) is 32.4. The summed E-state index contributed by atoms with van der Waals surface area (Å²) in [4.78, 5) is 28.0. The van der Waals surface area contributed by atoms with Crippen molar-refractivity contribution in [2.45, 2.75) is 131 Å². The number of aliphatic hydroxyl groups is 3. The van der Waals surface area contributed by atoms with E-state index in [0.29, 0.717) is 37.0 Å². The fourth-order valence-corrected chi connectivity index (χ4v) is 8.54. The lowest BCUT2D eigenvalue weighted by Gasteiger charge is -2.09. The van der Waals surface area contributed by atoms with E-state index >= 15 is 0 Å². The topological polar surface area (TPSA) is 173 Å². The summed E-state index contributed by atoms with van der Waals surface area (Å²) in [6.07, 6.45) is 14.0. The minimum absolute atomic E-state index is 0.0677. The molecular weight excluding hydrogens is 573 g/mol. The van der Waals surface area contributed by atoms with Crippen LogP contribution >= 0.6 is 22.1 Å². The van der Waals surface area contributed by atoms with E-state index in [0.717, 1.165) is 77.0 Å². The van der Waals surface area contributed by atoms with Crippen molar-refractivity contribution in [3.05, 3.63) is 0 Å². The van der Waals surface area contributed by atoms with Gasteiger partial charge in [0.1, 0.15) is 0 Å². The molecule has 1 unspecified atom stereocenters. The van der Waals surface area contributed by atoms with Crippen LogP contribution in [0.3, 0.4) is 0 Å². The minimum atomic E-state index is -2.73. The Labute approximate surface area is 247 Å². The van der Waals surface area contributed by atoms with E-state index in [-0.39, 0.29) is 19.6 Å². The fourth-order valence-electron chi connectivity index (χ4n) is 3.01. The van der Waals surface area contributed by atoms with Crippen molar-refractivity contribution in [2.24, 2.45) is 0 Å². The van der Waals surface area contributed by atoms with Crippen molar-refractivity contribution in [1.29, 1.82) is 0 Å². The Kier molecular flexibility index (Phi) is 38.3. The third-order valence-electron chi connectivity index (χ3n) is 5.84. The Morgan fingerprint density at radius 1 is 0.475 bits per heavy atom. The Balaban J connectivity index is -0.000000219. The first-order valence-corrected chi connectivity index (χ1v) is 21.6. The van der Waals surface area contributed by atoms with Crippen LogP contribution in [0.25, 0.3) is 0 Å². The van der Waals surface area contributed by atoms with Crippen molar-refractivity contribution >= 4 is 22.1 Å². The molecule has 0 aliphatic heterocycles. The molecule has 0 spiro atoms. The summed E-state index contributed by atoms with van der Waals surface area (Å²) < 4.78 is 33.9. The second-order valence-electron chi connectivity index (χ2n) is 10.4. The van der Waals surface area contributed by atoms with Crippen LogP contribution in [-0.4, -0.2) is 86.3 Å². The van der Waals surface area contributed by atoms with Gasteiger partial charge in [0, 0.05) is 43.6 Å². The average molecular weight is 641 g/mol. The van der Waals surface area contributed by atoms with Gasteiger partial charge in [-0.25, -0.2) is 0 Å². The predicted octanol–water partition coefficient (Wildman–Crippen LogP) is 7.29. The van der Waals surface area contributed by atoms with E-state index < -0.39 is 28.2 Å². The smallest absolute Gasteiger partial charge is 0.200 e. The summed E-state index contributed by atoms with van der Waals surface area (Å²) in [7, 11) is -8.18. The third-order valence-corrected chi connectivity index (χ3v) is 11.9. The lowest BCUT2D eigenvalue weighted by molar-refractivity contribution is 0.0721. The SMILES string of the molecule is CCCCP(=O)(O)CCCC.CCCCP(=O)(O)CCCC.CCCCP(=O)(O)CCCC.OCCC(O)CO. The zero-order valence-electron chi connectivity index (χ0n) is 26.7. The highest BCUT2D eigenvalue weighted by molar-refractivity contribution is 7.58. The zero-order chi connectivity index (χ0) is 31.9. The van der Waals surface area contributed by atoms with Crippen molar-refractivity contribution in [1.82, 2.24) is 0 Å². The number of rotatable bonds is 21. The van der Waals surface area contributed by atoms with Crippen LogP contribution in [0.4, 0.5) is 0 Å². The molecule has 40 heavy (non-hydrogen) atoms. The molecule has 0 aromatic heterocycles. The third kappa shape index (κ3) is 42.9. The monoisotopic (exact) mass is 640 g/mol. The first-order chi connectivity index (χ1) is 18.7. The highest BCUT2D eigenvalue weighted by atomic mass is 31.2. The molecule has 6 N–H and O–H groups in total. The van der Waals surface area contributed by atoms with Crippen LogP contribution in [0.2, 0.25) is 0 Å². The Morgan fingerprint density at radius 3 is 0.775 bits per heavy atom. The molecule has 0 radical (unpaired) electrons. The molecule has 0 aromatic carbocycles. The summed E-state index contributed by atoms with van der Waals surface area (Å²) in [5.41, 5.74) is 0.